The van der Waals surface area contributed by atoms with E-state index in [1.807, 2.05) is 0 Å². The van der Waals surface area contributed by atoms with Crippen LogP contribution < -0.4 is 5.32 Å². The van der Waals surface area contributed by atoms with Gasteiger partial charge in [0, 0.05) is 12.6 Å². The molecule has 0 aromatic rings. The zero-order valence-corrected chi connectivity index (χ0v) is 8.71. The smallest absolute Gasteiger partial charge is 0.328 e. The summed E-state index contributed by atoms with van der Waals surface area (Å²) in [5, 5.41) is 11.6. The lowest BCUT2D eigenvalue weighted by atomic mass is 10.1. The Kier molecular flexibility index (Phi) is 6.51. The maximum Gasteiger partial charge on any atom is 0.328 e. The first-order valence-corrected chi connectivity index (χ1v) is 4.69. The van der Waals surface area contributed by atoms with Crippen molar-refractivity contribution in [2.45, 2.75) is 32.7 Å². The molecule has 0 aromatic heterocycles. The summed E-state index contributed by atoms with van der Waals surface area (Å²) in [5.74, 6) is 1.71. The number of carboxylic acids is 1. The number of nitrogens with one attached hydrogen (secondary N) is 1. The standard InChI is InChI=1S/C11H17NO2/c1-4-6-10(5-2)12-8-9(3)7-11(13)14/h2,7,10,12H,4,6,8H2,1,3H3,(H,13,14). The van der Waals surface area contributed by atoms with Gasteiger partial charge in [0.15, 0.2) is 0 Å². The number of carbonyl (C=O) groups is 1. The number of hydrogen-bond acceptors (Lipinski definition) is 2. The van der Waals surface area contributed by atoms with Crippen molar-refractivity contribution in [3.63, 3.8) is 0 Å². The minimum atomic E-state index is -0.919. The SMILES string of the molecule is C#CC(CCC)NCC(C)=CC(=O)O. The van der Waals surface area contributed by atoms with Gasteiger partial charge in [-0.05, 0) is 13.3 Å². The molecule has 0 fully saturated rings. The lowest BCUT2D eigenvalue weighted by molar-refractivity contribution is -0.131. The molecule has 0 aliphatic rings. The van der Waals surface area contributed by atoms with Gasteiger partial charge in [0.05, 0.1) is 6.04 Å². The van der Waals surface area contributed by atoms with Gasteiger partial charge in [-0.25, -0.2) is 4.79 Å². The first-order chi connectivity index (χ1) is 6.60. The van der Waals surface area contributed by atoms with Crippen molar-refractivity contribution in [1.82, 2.24) is 5.32 Å². The highest BCUT2D eigenvalue weighted by atomic mass is 16.4. The monoisotopic (exact) mass is 195 g/mol. The summed E-state index contributed by atoms with van der Waals surface area (Å²) in [6, 6.07) is 0.0390. The van der Waals surface area contributed by atoms with Gasteiger partial charge >= 0.3 is 5.97 Å². The Hall–Kier alpha value is -1.27. The first-order valence-electron chi connectivity index (χ1n) is 4.69. The second kappa shape index (κ2) is 7.16. The van der Waals surface area contributed by atoms with E-state index in [-0.39, 0.29) is 6.04 Å². The van der Waals surface area contributed by atoms with Crippen molar-refractivity contribution in [1.29, 1.82) is 0 Å². The largest absolute Gasteiger partial charge is 0.478 e. The van der Waals surface area contributed by atoms with Crippen LogP contribution in [0.2, 0.25) is 0 Å². The molecule has 14 heavy (non-hydrogen) atoms. The van der Waals surface area contributed by atoms with E-state index in [4.69, 9.17) is 11.5 Å². The van der Waals surface area contributed by atoms with Crippen LogP contribution >= 0.6 is 0 Å². The molecule has 0 bridgehead atoms. The average molecular weight is 195 g/mol. The van der Waals surface area contributed by atoms with Gasteiger partial charge in [0.25, 0.3) is 0 Å². The Balaban J connectivity index is 3.92. The van der Waals surface area contributed by atoms with Gasteiger partial charge in [0.1, 0.15) is 0 Å². The Bertz CT molecular complexity index is 251. The van der Waals surface area contributed by atoms with Crippen LogP contribution in [-0.2, 0) is 4.79 Å². The lowest BCUT2D eigenvalue weighted by Gasteiger charge is -2.11. The van der Waals surface area contributed by atoms with Crippen molar-refractivity contribution in [2.75, 3.05) is 6.54 Å². The fourth-order valence-electron chi connectivity index (χ4n) is 1.08. The summed E-state index contributed by atoms with van der Waals surface area (Å²) in [6.45, 7) is 4.35. The predicted molar refractivity (Wildman–Crippen MR) is 56.9 cm³/mol. The molecule has 0 rings (SSSR count). The van der Waals surface area contributed by atoms with Gasteiger partial charge in [-0.1, -0.05) is 24.8 Å². The molecule has 0 aromatic carbocycles. The molecule has 0 radical (unpaired) electrons. The lowest BCUT2D eigenvalue weighted by Crippen LogP contribution is -2.29. The zero-order valence-electron chi connectivity index (χ0n) is 8.71. The third kappa shape index (κ3) is 6.27. The second-order valence-corrected chi connectivity index (χ2v) is 3.22. The van der Waals surface area contributed by atoms with Crippen molar-refractivity contribution < 1.29 is 9.90 Å². The van der Waals surface area contributed by atoms with E-state index < -0.39 is 5.97 Å². The van der Waals surface area contributed by atoms with Gasteiger partial charge < -0.3 is 5.11 Å². The minimum Gasteiger partial charge on any atom is -0.478 e. The van der Waals surface area contributed by atoms with Crippen molar-refractivity contribution in [3.8, 4) is 12.3 Å². The Labute approximate surface area is 85.2 Å². The maximum atomic E-state index is 10.3. The van der Waals surface area contributed by atoms with Crippen LogP contribution in [0, 0.1) is 12.3 Å². The van der Waals surface area contributed by atoms with E-state index in [9.17, 15) is 4.79 Å². The predicted octanol–water partition coefficient (Wildman–Crippen LogP) is 1.41. The number of hydrogen-bond donors (Lipinski definition) is 2. The van der Waals surface area contributed by atoms with Crippen molar-refractivity contribution in [3.05, 3.63) is 11.6 Å². The molecule has 0 spiro atoms. The molecule has 0 amide bonds. The third-order valence-electron chi connectivity index (χ3n) is 1.78. The van der Waals surface area contributed by atoms with E-state index in [1.54, 1.807) is 6.92 Å². The fourth-order valence-corrected chi connectivity index (χ4v) is 1.08. The summed E-state index contributed by atoms with van der Waals surface area (Å²) in [7, 11) is 0. The van der Waals surface area contributed by atoms with Crippen LogP contribution in [0.25, 0.3) is 0 Å². The molecule has 78 valence electrons. The summed E-state index contributed by atoms with van der Waals surface area (Å²) in [4.78, 5) is 10.3. The van der Waals surface area contributed by atoms with Crippen molar-refractivity contribution >= 4 is 5.97 Å². The average Bonchev–Trinajstić information content (AvgIpc) is 2.11. The summed E-state index contributed by atoms with van der Waals surface area (Å²) in [6.07, 6.45) is 8.42. The summed E-state index contributed by atoms with van der Waals surface area (Å²) < 4.78 is 0. The van der Waals surface area contributed by atoms with Gasteiger partial charge in [0.2, 0.25) is 0 Å². The van der Waals surface area contributed by atoms with Crippen molar-refractivity contribution in [2.24, 2.45) is 0 Å². The van der Waals surface area contributed by atoms with Gasteiger partial charge in [-0.2, -0.15) is 0 Å². The molecule has 1 unspecified atom stereocenters. The minimum absolute atomic E-state index is 0.0390. The normalized spacial score (nSPS) is 13.4. The van der Waals surface area contributed by atoms with Crippen LogP contribution in [0.4, 0.5) is 0 Å². The molecule has 0 saturated heterocycles. The number of rotatable bonds is 6. The molecule has 0 heterocycles. The highest BCUT2D eigenvalue weighted by Crippen LogP contribution is 1.97. The van der Waals surface area contributed by atoms with Crippen LogP contribution in [-0.4, -0.2) is 23.7 Å². The number of aliphatic carboxylic acids is 1. The van der Waals surface area contributed by atoms with Gasteiger partial charge in [-0.15, -0.1) is 6.42 Å². The number of terminal acetylenes is 1. The Morgan fingerprint density at radius 1 is 1.71 bits per heavy atom. The third-order valence-corrected chi connectivity index (χ3v) is 1.78. The molecule has 0 aliphatic carbocycles. The molecule has 3 heteroatoms. The van der Waals surface area contributed by atoms with E-state index >= 15 is 0 Å². The summed E-state index contributed by atoms with van der Waals surface area (Å²) >= 11 is 0. The first kappa shape index (κ1) is 12.7. The van der Waals surface area contributed by atoms with Crippen LogP contribution in [0.1, 0.15) is 26.7 Å². The van der Waals surface area contributed by atoms with Crippen LogP contribution in [0.3, 0.4) is 0 Å². The molecular formula is C11H17NO2. The molecule has 3 nitrogen and oxygen atoms in total. The molecular weight excluding hydrogens is 178 g/mol. The molecule has 0 saturated carbocycles. The molecule has 0 aliphatic heterocycles. The van der Waals surface area contributed by atoms with Gasteiger partial charge in [-0.3, -0.25) is 5.32 Å². The topological polar surface area (TPSA) is 49.3 Å². The van der Waals surface area contributed by atoms with Crippen LogP contribution in [0.15, 0.2) is 11.6 Å². The van der Waals surface area contributed by atoms with Crippen LogP contribution in [0.5, 0.6) is 0 Å². The summed E-state index contributed by atoms with van der Waals surface area (Å²) in [5.41, 5.74) is 0.772. The van der Waals surface area contributed by atoms with E-state index in [0.29, 0.717) is 6.54 Å². The van der Waals surface area contributed by atoms with E-state index in [0.717, 1.165) is 18.4 Å². The maximum absolute atomic E-state index is 10.3. The quantitative estimate of drug-likeness (QED) is 0.497. The molecule has 1 atom stereocenters. The highest BCUT2D eigenvalue weighted by Gasteiger charge is 2.02. The highest BCUT2D eigenvalue weighted by molar-refractivity contribution is 5.80. The molecule has 2 N–H and O–H groups in total. The van der Waals surface area contributed by atoms with E-state index in [2.05, 4.69) is 18.2 Å². The van der Waals surface area contributed by atoms with E-state index in [1.165, 1.54) is 6.08 Å². The second-order valence-electron chi connectivity index (χ2n) is 3.22. The fraction of sp³-hybridized carbons (Fsp3) is 0.545. The Morgan fingerprint density at radius 3 is 2.79 bits per heavy atom. The zero-order chi connectivity index (χ0) is 11.0. The number of carboxylic acid groups (broad SMARTS) is 1. The Morgan fingerprint density at radius 2 is 2.36 bits per heavy atom.